The molecule has 0 amide bonds. The minimum atomic E-state index is -0.764. The van der Waals surface area contributed by atoms with Crippen LogP contribution in [0.1, 0.15) is 19.6 Å². The number of hydrogen-bond acceptors (Lipinski definition) is 6. The van der Waals surface area contributed by atoms with Crippen LogP contribution in [-0.2, 0) is 4.74 Å². The quantitative estimate of drug-likeness (QED) is 0.659. The predicted octanol–water partition coefficient (Wildman–Crippen LogP) is -0.684. The van der Waals surface area contributed by atoms with Crippen LogP contribution in [0.25, 0.3) is 0 Å². The zero-order valence-electron chi connectivity index (χ0n) is 10.1. The summed E-state index contributed by atoms with van der Waals surface area (Å²) in [7, 11) is 0. The number of rotatable bonds is 4. The van der Waals surface area contributed by atoms with Gasteiger partial charge in [-0.1, -0.05) is 0 Å². The fourth-order valence-electron chi connectivity index (χ4n) is 1.96. The highest BCUT2D eigenvalue weighted by Crippen LogP contribution is 2.27. The van der Waals surface area contributed by atoms with Gasteiger partial charge in [-0.05, 0) is 13.0 Å². The molecule has 1 aromatic heterocycles. The summed E-state index contributed by atoms with van der Waals surface area (Å²) in [5.74, 6) is 0.510. The first-order chi connectivity index (χ1) is 8.65. The minimum absolute atomic E-state index is 0.269. The smallest absolute Gasteiger partial charge is 0.351 e. The molecule has 0 bridgehead atoms. The summed E-state index contributed by atoms with van der Waals surface area (Å²) in [6, 6.07) is 1.67. The summed E-state index contributed by atoms with van der Waals surface area (Å²) in [4.78, 5) is 15.6. The van der Waals surface area contributed by atoms with Gasteiger partial charge in [0.1, 0.15) is 18.1 Å². The lowest BCUT2D eigenvalue weighted by Gasteiger charge is -2.14. The van der Waals surface area contributed by atoms with E-state index in [0.29, 0.717) is 12.4 Å². The maximum absolute atomic E-state index is 11.8. The molecule has 7 nitrogen and oxygen atoms in total. The Balaban J connectivity index is 2.17. The molecule has 1 fully saturated rings. The molecule has 1 aliphatic heterocycles. The molecule has 0 unspecified atom stereocenters. The van der Waals surface area contributed by atoms with Crippen LogP contribution in [0.2, 0.25) is 0 Å². The molecule has 18 heavy (non-hydrogen) atoms. The molecule has 0 radical (unpaired) electrons. The first-order valence-electron chi connectivity index (χ1n) is 5.93. The standard InChI is InChI=1S/C11H17N3O4/c1-2-12-9-3-4-14(11(17)13-9)10-5-7(16)8(6-15)18-10/h3-4,7-8,10,15-16H,2,5-6H2,1H3,(H,12,13,17)/t7-,8+,10+/m0/s1. The van der Waals surface area contributed by atoms with E-state index in [0.717, 1.165) is 0 Å². The Morgan fingerprint density at radius 2 is 2.44 bits per heavy atom. The van der Waals surface area contributed by atoms with Gasteiger partial charge in [-0.3, -0.25) is 4.57 Å². The molecule has 0 saturated carbocycles. The lowest BCUT2D eigenvalue weighted by atomic mass is 10.2. The van der Waals surface area contributed by atoms with Crippen molar-refractivity contribution in [2.24, 2.45) is 0 Å². The average Bonchev–Trinajstić information content (AvgIpc) is 2.71. The first-order valence-corrected chi connectivity index (χ1v) is 5.93. The Morgan fingerprint density at radius 3 is 3.00 bits per heavy atom. The molecule has 7 heteroatoms. The second-order valence-electron chi connectivity index (χ2n) is 4.15. The molecule has 0 spiro atoms. The number of aromatic nitrogens is 2. The second-order valence-corrected chi connectivity index (χ2v) is 4.15. The van der Waals surface area contributed by atoms with Crippen molar-refractivity contribution in [1.29, 1.82) is 0 Å². The SMILES string of the molecule is CCNc1ccn([C@H]2C[C@H](O)[C@@H](CO)O2)c(=O)n1. The molecule has 1 saturated heterocycles. The molecule has 3 atom stereocenters. The zero-order valence-corrected chi connectivity index (χ0v) is 10.1. The fourth-order valence-corrected chi connectivity index (χ4v) is 1.96. The largest absolute Gasteiger partial charge is 0.394 e. The van der Waals surface area contributed by atoms with Gasteiger partial charge in [-0.15, -0.1) is 0 Å². The Bertz CT molecular complexity index is 462. The van der Waals surface area contributed by atoms with Crippen LogP contribution in [0.4, 0.5) is 5.82 Å². The molecule has 3 N–H and O–H groups in total. The van der Waals surface area contributed by atoms with E-state index >= 15 is 0 Å². The van der Waals surface area contributed by atoms with Crippen LogP contribution in [0.3, 0.4) is 0 Å². The van der Waals surface area contributed by atoms with Gasteiger partial charge in [0.15, 0.2) is 0 Å². The van der Waals surface area contributed by atoms with Crippen molar-refractivity contribution in [3.05, 3.63) is 22.7 Å². The van der Waals surface area contributed by atoms with E-state index in [-0.39, 0.29) is 13.0 Å². The maximum atomic E-state index is 11.8. The molecular formula is C11H17N3O4. The number of nitrogens with one attached hydrogen (secondary N) is 1. The molecule has 2 rings (SSSR count). The Labute approximate surface area is 104 Å². The molecule has 100 valence electrons. The van der Waals surface area contributed by atoms with Crippen LogP contribution >= 0.6 is 0 Å². The molecule has 1 aliphatic rings. The normalized spacial score (nSPS) is 27.4. The predicted molar refractivity (Wildman–Crippen MR) is 64.3 cm³/mol. The van der Waals surface area contributed by atoms with Gasteiger partial charge in [-0.2, -0.15) is 4.98 Å². The highest BCUT2D eigenvalue weighted by atomic mass is 16.5. The van der Waals surface area contributed by atoms with Crippen molar-refractivity contribution >= 4 is 5.82 Å². The average molecular weight is 255 g/mol. The Hall–Kier alpha value is -1.44. The third-order valence-corrected chi connectivity index (χ3v) is 2.88. The summed E-state index contributed by atoms with van der Waals surface area (Å²) in [5, 5.41) is 21.5. The first kappa shape index (κ1) is 13.0. The van der Waals surface area contributed by atoms with Crippen molar-refractivity contribution < 1.29 is 14.9 Å². The topological polar surface area (TPSA) is 96.6 Å². The lowest BCUT2D eigenvalue weighted by molar-refractivity contribution is -0.0458. The van der Waals surface area contributed by atoms with Crippen molar-refractivity contribution in [2.75, 3.05) is 18.5 Å². The van der Waals surface area contributed by atoms with Gasteiger partial charge in [0.05, 0.1) is 12.7 Å². The lowest BCUT2D eigenvalue weighted by Crippen LogP contribution is -2.28. The van der Waals surface area contributed by atoms with Crippen molar-refractivity contribution in [2.45, 2.75) is 31.8 Å². The van der Waals surface area contributed by atoms with E-state index in [4.69, 9.17) is 9.84 Å². The summed E-state index contributed by atoms with van der Waals surface area (Å²) < 4.78 is 6.71. The van der Waals surface area contributed by atoms with Crippen molar-refractivity contribution in [3.8, 4) is 0 Å². The minimum Gasteiger partial charge on any atom is -0.394 e. The van der Waals surface area contributed by atoms with Crippen LogP contribution in [0.5, 0.6) is 0 Å². The highest BCUT2D eigenvalue weighted by molar-refractivity contribution is 5.31. The Kier molecular flexibility index (Phi) is 3.95. The van der Waals surface area contributed by atoms with E-state index < -0.39 is 24.1 Å². The number of anilines is 1. The number of nitrogens with zero attached hydrogens (tertiary/aromatic N) is 2. The number of ether oxygens (including phenoxy) is 1. The molecular weight excluding hydrogens is 238 g/mol. The third-order valence-electron chi connectivity index (χ3n) is 2.88. The molecule has 1 aromatic rings. The maximum Gasteiger partial charge on any atom is 0.351 e. The van der Waals surface area contributed by atoms with Crippen LogP contribution in [0.15, 0.2) is 17.1 Å². The highest BCUT2D eigenvalue weighted by Gasteiger charge is 2.34. The summed E-state index contributed by atoms with van der Waals surface area (Å²) in [5.41, 5.74) is -0.441. The third kappa shape index (κ3) is 2.53. The van der Waals surface area contributed by atoms with Crippen LogP contribution in [-0.4, -0.2) is 45.1 Å². The van der Waals surface area contributed by atoms with Gasteiger partial charge < -0.3 is 20.3 Å². The van der Waals surface area contributed by atoms with Gasteiger partial charge in [-0.25, -0.2) is 4.79 Å². The van der Waals surface area contributed by atoms with Gasteiger partial charge in [0, 0.05) is 19.2 Å². The van der Waals surface area contributed by atoms with E-state index in [1.807, 2.05) is 6.92 Å². The molecule has 2 heterocycles. The number of aliphatic hydroxyl groups excluding tert-OH is 2. The number of aliphatic hydroxyl groups is 2. The van der Waals surface area contributed by atoms with E-state index in [2.05, 4.69) is 10.3 Å². The van der Waals surface area contributed by atoms with Crippen LogP contribution < -0.4 is 11.0 Å². The summed E-state index contributed by atoms with van der Waals surface area (Å²) >= 11 is 0. The molecule has 0 aromatic carbocycles. The second kappa shape index (κ2) is 5.47. The van der Waals surface area contributed by atoms with Gasteiger partial charge >= 0.3 is 5.69 Å². The number of hydrogen-bond donors (Lipinski definition) is 3. The van der Waals surface area contributed by atoms with E-state index in [1.54, 1.807) is 12.3 Å². The summed E-state index contributed by atoms with van der Waals surface area (Å²) in [6.45, 7) is 2.33. The van der Waals surface area contributed by atoms with Crippen molar-refractivity contribution in [1.82, 2.24) is 9.55 Å². The summed E-state index contributed by atoms with van der Waals surface area (Å²) in [6.07, 6.45) is -0.138. The van der Waals surface area contributed by atoms with E-state index in [1.165, 1.54) is 4.57 Å². The Morgan fingerprint density at radius 1 is 1.67 bits per heavy atom. The van der Waals surface area contributed by atoms with Gasteiger partial charge in [0.25, 0.3) is 0 Å². The van der Waals surface area contributed by atoms with Crippen molar-refractivity contribution in [3.63, 3.8) is 0 Å². The zero-order chi connectivity index (χ0) is 13.1. The van der Waals surface area contributed by atoms with Gasteiger partial charge in [0.2, 0.25) is 0 Å². The molecule has 0 aliphatic carbocycles. The fraction of sp³-hybridized carbons (Fsp3) is 0.636. The van der Waals surface area contributed by atoms with Crippen LogP contribution in [0, 0.1) is 0 Å². The van der Waals surface area contributed by atoms with E-state index in [9.17, 15) is 9.90 Å². The monoisotopic (exact) mass is 255 g/mol.